The molecule has 5 nitrogen and oxygen atoms in total. The fourth-order valence-electron chi connectivity index (χ4n) is 1.77. The van der Waals surface area contributed by atoms with Crippen LogP contribution in [0.2, 0.25) is 0 Å². The second-order valence-corrected chi connectivity index (χ2v) is 6.75. The van der Waals surface area contributed by atoms with Crippen LogP contribution in [0.25, 0.3) is 0 Å². The summed E-state index contributed by atoms with van der Waals surface area (Å²) in [4.78, 5) is 0. The maximum absolute atomic E-state index is 5.42. The van der Waals surface area contributed by atoms with Crippen LogP contribution in [0.3, 0.4) is 0 Å². The van der Waals surface area contributed by atoms with Crippen molar-refractivity contribution in [1.82, 2.24) is 5.32 Å². The molecule has 0 saturated carbocycles. The summed E-state index contributed by atoms with van der Waals surface area (Å²) in [6, 6.07) is 8.06. The minimum absolute atomic E-state index is 0.644. The molecule has 0 radical (unpaired) electrons. The summed E-state index contributed by atoms with van der Waals surface area (Å²) in [5.74, 6) is 0. The van der Waals surface area contributed by atoms with Gasteiger partial charge in [-0.1, -0.05) is 24.3 Å². The van der Waals surface area contributed by atoms with Gasteiger partial charge in [-0.3, -0.25) is 0 Å². The minimum Gasteiger partial charge on any atom is -0.373 e. The molecule has 0 fully saturated rings. The fourth-order valence-corrected chi connectivity index (χ4v) is 3.55. The van der Waals surface area contributed by atoms with Gasteiger partial charge in [-0.25, -0.2) is 0 Å². The molecule has 0 saturated heterocycles. The number of nitrogens with two attached hydrogens (primary N) is 1. The van der Waals surface area contributed by atoms with E-state index in [-0.39, 0.29) is 0 Å². The van der Waals surface area contributed by atoms with Gasteiger partial charge in [-0.2, -0.15) is 0 Å². The van der Waals surface area contributed by atoms with Crippen LogP contribution in [0.5, 0.6) is 0 Å². The molecule has 1 aromatic rings. The third-order valence-electron chi connectivity index (χ3n) is 2.76. The standard InChI is InChI=1S/C12H22N2O3Si/c1-15-18(16-2,17-3)12-6-4-11(5-7-12)10-14-9-8-13/h4-7,14H,8-10,13H2,1-3H3. The molecule has 0 aliphatic heterocycles. The first-order chi connectivity index (χ1) is 8.72. The summed E-state index contributed by atoms with van der Waals surface area (Å²) in [6.07, 6.45) is 0. The van der Waals surface area contributed by atoms with Gasteiger partial charge in [0.25, 0.3) is 0 Å². The van der Waals surface area contributed by atoms with Crippen molar-refractivity contribution in [2.75, 3.05) is 34.4 Å². The highest BCUT2D eigenvalue weighted by Crippen LogP contribution is 2.08. The normalized spacial score (nSPS) is 11.8. The van der Waals surface area contributed by atoms with E-state index in [1.54, 1.807) is 21.3 Å². The smallest absolute Gasteiger partial charge is 0.373 e. The van der Waals surface area contributed by atoms with Gasteiger partial charge in [0.1, 0.15) is 0 Å². The lowest BCUT2D eigenvalue weighted by atomic mass is 10.2. The molecule has 3 N–H and O–H groups in total. The summed E-state index contributed by atoms with van der Waals surface area (Å²) < 4.78 is 16.3. The van der Waals surface area contributed by atoms with E-state index in [0.29, 0.717) is 6.54 Å². The zero-order chi connectivity index (χ0) is 13.4. The summed E-state index contributed by atoms with van der Waals surface area (Å²) in [7, 11) is 2.13. The van der Waals surface area contributed by atoms with Crippen LogP contribution in [0.4, 0.5) is 0 Å². The average Bonchev–Trinajstić information content (AvgIpc) is 2.43. The lowest BCUT2D eigenvalue weighted by Gasteiger charge is -2.24. The Hall–Kier alpha value is -0.763. The molecule has 102 valence electrons. The monoisotopic (exact) mass is 270 g/mol. The quantitative estimate of drug-likeness (QED) is 0.507. The van der Waals surface area contributed by atoms with Crippen LogP contribution in [0, 0.1) is 0 Å². The first kappa shape index (κ1) is 15.3. The number of nitrogens with one attached hydrogen (secondary N) is 1. The number of benzene rings is 1. The van der Waals surface area contributed by atoms with Crippen molar-refractivity contribution in [2.45, 2.75) is 6.54 Å². The molecule has 0 spiro atoms. The first-order valence-electron chi connectivity index (χ1n) is 5.88. The van der Waals surface area contributed by atoms with Crippen LogP contribution < -0.4 is 16.2 Å². The zero-order valence-electron chi connectivity index (χ0n) is 11.2. The number of hydrogen-bond donors (Lipinski definition) is 2. The highest BCUT2D eigenvalue weighted by atomic mass is 28.4. The van der Waals surface area contributed by atoms with E-state index in [1.165, 1.54) is 5.56 Å². The molecule has 0 heterocycles. The maximum Gasteiger partial charge on any atom is 0.536 e. The first-order valence-corrected chi connectivity index (χ1v) is 7.60. The third-order valence-corrected chi connectivity index (χ3v) is 5.42. The van der Waals surface area contributed by atoms with E-state index >= 15 is 0 Å². The lowest BCUT2D eigenvalue weighted by molar-refractivity contribution is 0.140. The van der Waals surface area contributed by atoms with E-state index in [4.69, 9.17) is 19.0 Å². The average molecular weight is 270 g/mol. The van der Waals surface area contributed by atoms with Crippen molar-refractivity contribution in [1.29, 1.82) is 0 Å². The summed E-state index contributed by atoms with van der Waals surface area (Å²) in [5.41, 5.74) is 6.61. The van der Waals surface area contributed by atoms with Crippen molar-refractivity contribution in [3.63, 3.8) is 0 Å². The molecule has 0 bridgehead atoms. The molecule has 0 unspecified atom stereocenters. The van der Waals surface area contributed by atoms with Gasteiger partial charge in [-0.05, 0) is 5.56 Å². The molecule has 1 aromatic carbocycles. The molecule has 6 heteroatoms. The molecule has 0 aromatic heterocycles. The Labute approximate surface area is 110 Å². The Balaban J connectivity index is 2.74. The van der Waals surface area contributed by atoms with Crippen molar-refractivity contribution < 1.29 is 13.3 Å². The van der Waals surface area contributed by atoms with Crippen molar-refractivity contribution >= 4 is 14.0 Å². The molecule has 1 rings (SSSR count). The Bertz CT molecular complexity index is 333. The summed E-state index contributed by atoms with van der Waals surface area (Å²) in [6.45, 7) is 2.26. The lowest BCUT2D eigenvalue weighted by Crippen LogP contribution is -2.54. The van der Waals surface area contributed by atoms with Crippen LogP contribution >= 0.6 is 0 Å². The summed E-state index contributed by atoms with van der Waals surface area (Å²) >= 11 is 0. The second-order valence-electron chi connectivity index (χ2n) is 3.83. The Morgan fingerprint density at radius 1 is 1.06 bits per heavy atom. The van der Waals surface area contributed by atoms with E-state index < -0.39 is 8.80 Å². The predicted octanol–water partition coefficient (Wildman–Crippen LogP) is -0.180. The van der Waals surface area contributed by atoms with E-state index in [2.05, 4.69) is 5.32 Å². The van der Waals surface area contributed by atoms with Crippen LogP contribution in [0.15, 0.2) is 24.3 Å². The van der Waals surface area contributed by atoms with Crippen molar-refractivity contribution in [3.8, 4) is 0 Å². The maximum atomic E-state index is 5.42. The minimum atomic E-state index is -2.69. The van der Waals surface area contributed by atoms with E-state index in [1.807, 2.05) is 24.3 Å². The number of hydrogen-bond acceptors (Lipinski definition) is 5. The molecular weight excluding hydrogens is 248 g/mol. The SMILES string of the molecule is CO[Si](OC)(OC)c1ccc(CNCCN)cc1. The van der Waals surface area contributed by atoms with Gasteiger partial charge in [0.2, 0.25) is 0 Å². The molecule has 0 amide bonds. The van der Waals surface area contributed by atoms with Crippen molar-refractivity contribution in [3.05, 3.63) is 29.8 Å². The molecular formula is C12H22N2O3Si. The highest BCUT2D eigenvalue weighted by molar-refractivity contribution is 6.75. The molecule has 0 atom stereocenters. The van der Waals surface area contributed by atoms with Crippen molar-refractivity contribution in [2.24, 2.45) is 5.73 Å². The van der Waals surface area contributed by atoms with Crippen LogP contribution in [-0.2, 0) is 19.8 Å². The van der Waals surface area contributed by atoms with Crippen LogP contribution in [-0.4, -0.2) is 43.2 Å². The summed E-state index contributed by atoms with van der Waals surface area (Å²) in [5, 5.41) is 4.20. The van der Waals surface area contributed by atoms with Gasteiger partial charge in [0, 0.05) is 46.2 Å². The topological polar surface area (TPSA) is 65.7 Å². The Morgan fingerprint density at radius 2 is 1.61 bits per heavy atom. The molecule has 18 heavy (non-hydrogen) atoms. The van der Waals surface area contributed by atoms with E-state index in [9.17, 15) is 0 Å². The third kappa shape index (κ3) is 3.61. The largest absolute Gasteiger partial charge is 0.536 e. The van der Waals surface area contributed by atoms with Gasteiger partial charge in [0.05, 0.1) is 0 Å². The van der Waals surface area contributed by atoms with Crippen LogP contribution in [0.1, 0.15) is 5.56 Å². The highest BCUT2D eigenvalue weighted by Gasteiger charge is 2.40. The number of rotatable bonds is 8. The van der Waals surface area contributed by atoms with Gasteiger partial charge in [0.15, 0.2) is 0 Å². The van der Waals surface area contributed by atoms with Gasteiger partial charge >= 0.3 is 8.80 Å². The van der Waals surface area contributed by atoms with E-state index in [0.717, 1.165) is 18.3 Å². The zero-order valence-corrected chi connectivity index (χ0v) is 12.2. The Kier molecular flexibility index (Phi) is 6.48. The van der Waals surface area contributed by atoms with Gasteiger partial charge in [-0.15, -0.1) is 0 Å². The molecule has 0 aliphatic rings. The Morgan fingerprint density at radius 3 is 2.06 bits per heavy atom. The second kappa shape index (κ2) is 7.62. The fraction of sp³-hybridized carbons (Fsp3) is 0.500. The molecule has 0 aliphatic carbocycles. The van der Waals surface area contributed by atoms with Gasteiger partial charge < -0.3 is 24.3 Å². The predicted molar refractivity (Wildman–Crippen MR) is 73.6 cm³/mol.